The fourth-order valence-corrected chi connectivity index (χ4v) is 2.90. The number of anilines is 3. The number of nitro groups is 2. The Balaban J connectivity index is 0.000000226. The third-order valence-electron chi connectivity index (χ3n) is 4.08. The Kier molecular flexibility index (Phi) is 11.2. The number of hydrogen-bond donors (Lipinski definition) is 2. The van der Waals surface area contributed by atoms with Gasteiger partial charge in [0, 0.05) is 24.5 Å². The van der Waals surface area contributed by atoms with Gasteiger partial charge in [-0.1, -0.05) is 34.8 Å². The molecule has 17 heteroatoms. The van der Waals surface area contributed by atoms with Crippen LogP contribution in [0.4, 0.5) is 28.8 Å². The largest absolute Gasteiger partial charge is 0.384 e. The van der Waals surface area contributed by atoms with Crippen molar-refractivity contribution in [1.82, 2.24) is 19.9 Å². The molecule has 0 aromatic carbocycles. The van der Waals surface area contributed by atoms with Crippen LogP contribution in [-0.4, -0.2) is 29.8 Å². The second-order valence-corrected chi connectivity index (χ2v) is 7.84. The van der Waals surface area contributed by atoms with Gasteiger partial charge < -0.3 is 11.1 Å². The molecule has 0 unspecified atom stereocenters. The van der Waals surface area contributed by atoms with E-state index in [1.54, 1.807) is 12.1 Å². The minimum absolute atomic E-state index is 0.00490. The van der Waals surface area contributed by atoms with Gasteiger partial charge in [-0.25, -0.2) is 19.9 Å². The lowest BCUT2D eigenvalue weighted by atomic mass is 10.3. The molecule has 0 fully saturated rings. The van der Waals surface area contributed by atoms with Gasteiger partial charge in [-0.3, -0.25) is 20.2 Å². The van der Waals surface area contributed by atoms with E-state index in [2.05, 4.69) is 25.3 Å². The predicted molar refractivity (Wildman–Crippen MR) is 142 cm³/mol. The van der Waals surface area contributed by atoms with Crippen LogP contribution in [0.5, 0.6) is 0 Å². The summed E-state index contributed by atoms with van der Waals surface area (Å²) in [5.41, 5.74) is 5.73. The van der Waals surface area contributed by atoms with E-state index in [4.69, 9.17) is 51.1 Å². The number of pyridine rings is 4. The summed E-state index contributed by atoms with van der Waals surface area (Å²) in [7, 11) is 0. The van der Waals surface area contributed by atoms with Gasteiger partial charge in [-0.05, 0) is 36.4 Å². The van der Waals surface area contributed by atoms with Gasteiger partial charge in [0.2, 0.25) is 11.0 Å². The molecule has 0 aliphatic rings. The zero-order chi connectivity index (χ0) is 28.9. The molecule has 0 aliphatic heterocycles. The Bertz CT molecular complexity index is 1560. The first-order valence-corrected chi connectivity index (χ1v) is 11.2. The SMILES string of the molecule is N#Cc1ccc(N)nc1.N#Cc1ccc(Nc2nc(Cl)ccc2[N+](=O)[O-])nc1.O=[N+]([O-])c1ccc(Cl)nc1Cl. The van der Waals surface area contributed by atoms with Crippen LogP contribution >= 0.6 is 34.8 Å². The first-order chi connectivity index (χ1) is 18.5. The van der Waals surface area contributed by atoms with Crippen molar-refractivity contribution in [3.8, 4) is 12.1 Å². The number of rotatable bonds is 4. The number of nitrogens with zero attached hydrogens (tertiary/aromatic N) is 8. The summed E-state index contributed by atoms with van der Waals surface area (Å²) >= 11 is 16.5. The molecule has 4 aromatic heterocycles. The first kappa shape index (κ1) is 30.1. The molecule has 0 amide bonds. The minimum atomic E-state index is -0.619. The third kappa shape index (κ3) is 9.67. The zero-order valence-corrected chi connectivity index (χ0v) is 21.5. The fraction of sp³-hybridized carbons (Fsp3) is 0. The highest BCUT2D eigenvalue weighted by molar-refractivity contribution is 6.33. The number of hydrogen-bond acceptors (Lipinski definition) is 12. The van der Waals surface area contributed by atoms with Gasteiger partial charge in [-0.15, -0.1) is 0 Å². The molecule has 4 aromatic rings. The van der Waals surface area contributed by atoms with Crippen LogP contribution in [0.1, 0.15) is 11.1 Å². The standard InChI is InChI=1S/C11H6ClN5O2.C6H5N3.C5H2Cl2N2O2/c12-9-3-2-8(17(18)19)11(15-9)16-10-4-1-7(5-13)6-14-10;7-3-5-1-2-6(8)9-4-5;6-4-2-1-3(9(10)11)5(7)8-4/h1-4,6H,(H,14,15,16);1-2,4H,(H2,8,9);1-2H. The Morgan fingerprint density at radius 1 is 0.769 bits per heavy atom. The first-order valence-electron chi connectivity index (χ1n) is 10.1. The summed E-state index contributed by atoms with van der Waals surface area (Å²) in [6.07, 6.45) is 2.79. The Hall–Kier alpha value is -5.15. The van der Waals surface area contributed by atoms with Gasteiger partial charge >= 0.3 is 11.4 Å². The van der Waals surface area contributed by atoms with Gasteiger partial charge in [0.25, 0.3) is 0 Å². The maximum Gasteiger partial charge on any atom is 0.311 e. The highest BCUT2D eigenvalue weighted by atomic mass is 35.5. The Morgan fingerprint density at radius 2 is 1.31 bits per heavy atom. The van der Waals surface area contributed by atoms with Crippen molar-refractivity contribution < 1.29 is 9.85 Å². The summed E-state index contributed by atoms with van der Waals surface area (Å²) in [5, 5.41) is 40.7. The van der Waals surface area contributed by atoms with Crippen LogP contribution in [0, 0.1) is 42.9 Å². The lowest BCUT2D eigenvalue weighted by Crippen LogP contribution is -2.01. The van der Waals surface area contributed by atoms with Crippen molar-refractivity contribution in [3.63, 3.8) is 0 Å². The molecular weight excluding hydrogens is 575 g/mol. The molecule has 0 radical (unpaired) electrons. The van der Waals surface area contributed by atoms with E-state index in [-0.39, 0.29) is 32.7 Å². The molecule has 14 nitrogen and oxygen atoms in total. The van der Waals surface area contributed by atoms with Gasteiger partial charge in [0.15, 0.2) is 0 Å². The van der Waals surface area contributed by atoms with E-state index >= 15 is 0 Å². The lowest BCUT2D eigenvalue weighted by molar-refractivity contribution is -0.385. The molecule has 0 saturated heterocycles. The Labute approximate surface area is 234 Å². The maximum atomic E-state index is 10.8. The maximum absolute atomic E-state index is 10.8. The van der Waals surface area contributed by atoms with Crippen LogP contribution in [0.3, 0.4) is 0 Å². The highest BCUT2D eigenvalue weighted by Gasteiger charge is 2.16. The Morgan fingerprint density at radius 3 is 1.77 bits per heavy atom. The van der Waals surface area contributed by atoms with Gasteiger partial charge in [0.1, 0.15) is 34.1 Å². The van der Waals surface area contributed by atoms with E-state index in [1.165, 1.54) is 48.8 Å². The fourth-order valence-electron chi connectivity index (χ4n) is 2.33. The van der Waals surface area contributed by atoms with Crippen LogP contribution in [-0.2, 0) is 0 Å². The second-order valence-electron chi connectivity index (χ2n) is 6.71. The summed E-state index contributed by atoms with van der Waals surface area (Å²) in [4.78, 5) is 34.8. The van der Waals surface area contributed by atoms with E-state index in [9.17, 15) is 20.2 Å². The van der Waals surface area contributed by atoms with Crippen LogP contribution in [0.25, 0.3) is 0 Å². The zero-order valence-electron chi connectivity index (χ0n) is 19.2. The molecule has 0 atom stereocenters. The average molecular weight is 588 g/mol. The summed E-state index contributed by atoms with van der Waals surface area (Å²) in [6, 6.07) is 15.2. The lowest BCUT2D eigenvalue weighted by Gasteiger charge is -2.05. The van der Waals surface area contributed by atoms with Crippen molar-refractivity contribution in [3.05, 3.63) is 108 Å². The number of aromatic nitrogens is 4. The number of halogens is 3. The average Bonchev–Trinajstić information content (AvgIpc) is 2.90. The van der Waals surface area contributed by atoms with E-state index < -0.39 is 9.85 Å². The molecule has 0 spiro atoms. The molecule has 3 N–H and O–H groups in total. The molecule has 4 rings (SSSR count). The highest BCUT2D eigenvalue weighted by Crippen LogP contribution is 2.26. The molecule has 196 valence electrons. The summed E-state index contributed by atoms with van der Waals surface area (Å²) < 4.78 is 0. The topological polar surface area (TPSA) is 223 Å². The van der Waals surface area contributed by atoms with Crippen LogP contribution in [0.15, 0.2) is 60.9 Å². The number of nitrogen functional groups attached to an aromatic ring is 1. The van der Waals surface area contributed by atoms with E-state index in [1.807, 2.05) is 12.1 Å². The van der Waals surface area contributed by atoms with Crippen molar-refractivity contribution in [2.45, 2.75) is 0 Å². The van der Waals surface area contributed by atoms with Crippen molar-refractivity contribution in [1.29, 1.82) is 10.5 Å². The molecule has 0 bridgehead atoms. The number of nitrogens with two attached hydrogens (primary N) is 1. The molecule has 0 saturated carbocycles. The van der Waals surface area contributed by atoms with Gasteiger partial charge in [-0.2, -0.15) is 10.5 Å². The summed E-state index contributed by atoms with van der Waals surface area (Å²) in [6.45, 7) is 0. The van der Waals surface area contributed by atoms with Crippen LogP contribution in [0.2, 0.25) is 15.5 Å². The molecule has 4 heterocycles. The minimum Gasteiger partial charge on any atom is -0.384 e. The van der Waals surface area contributed by atoms with E-state index in [0.29, 0.717) is 22.8 Å². The monoisotopic (exact) mass is 586 g/mol. The normalized spacial score (nSPS) is 9.36. The summed E-state index contributed by atoms with van der Waals surface area (Å²) in [5.74, 6) is 0.764. The van der Waals surface area contributed by atoms with Crippen molar-refractivity contribution in [2.24, 2.45) is 0 Å². The van der Waals surface area contributed by atoms with Crippen molar-refractivity contribution in [2.75, 3.05) is 11.1 Å². The van der Waals surface area contributed by atoms with Crippen LogP contribution < -0.4 is 11.1 Å². The smallest absolute Gasteiger partial charge is 0.311 e. The van der Waals surface area contributed by atoms with Crippen molar-refractivity contribution >= 4 is 63.6 Å². The molecule has 0 aliphatic carbocycles. The second kappa shape index (κ2) is 14.6. The number of nitriles is 2. The third-order valence-corrected chi connectivity index (χ3v) is 4.78. The molecular formula is C22H13Cl3N10O4. The van der Waals surface area contributed by atoms with Gasteiger partial charge in [0.05, 0.1) is 21.0 Å². The molecule has 39 heavy (non-hydrogen) atoms. The quantitative estimate of drug-likeness (QED) is 0.172. The number of nitrogens with one attached hydrogen (secondary N) is 1. The predicted octanol–water partition coefficient (Wildman–Crippen LogP) is 5.49. The van der Waals surface area contributed by atoms with E-state index in [0.717, 1.165) is 0 Å².